The quantitative estimate of drug-likeness (QED) is 0.590. The number of benzene rings is 1. The van der Waals surface area contributed by atoms with Gasteiger partial charge in [-0.15, -0.1) is 10.2 Å². The summed E-state index contributed by atoms with van der Waals surface area (Å²) in [5, 5.41) is 14.6. The van der Waals surface area contributed by atoms with E-state index in [-0.39, 0.29) is 0 Å². The van der Waals surface area contributed by atoms with Gasteiger partial charge in [-0.2, -0.15) is 0 Å². The maximum absolute atomic E-state index is 4.55. The second-order valence-electron chi connectivity index (χ2n) is 8.44. The average Bonchev–Trinajstić information content (AvgIpc) is 3.29. The topological polar surface area (TPSA) is 53.9 Å². The Kier molecular flexibility index (Phi) is 6.87. The van der Waals surface area contributed by atoms with Crippen molar-refractivity contribution in [2.24, 2.45) is 0 Å². The summed E-state index contributed by atoms with van der Waals surface area (Å²) >= 11 is 1.71. The predicted molar refractivity (Wildman–Crippen MR) is 124 cm³/mol. The Morgan fingerprint density at radius 1 is 1.00 bits per heavy atom. The van der Waals surface area contributed by atoms with Gasteiger partial charge in [0.2, 0.25) is 0 Å². The highest BCUT2D eigenvalue weighted by molar-refractivity contribution is 7.14. The van der Waals surface area contributed by atoms with Crippen molar-refractivity contribution < 1.29 is 0 Å². The smallest absolute Gasteiger partial charge is 0.147 e. The summed E-state index contributed by atoms with van der Waals surface area (Å²) in [7, 11) is 0. The molecule has 0 spiro atoms. The number of hydrogen-bond donors (Lipinski definition) is 1. The number of piperazine rings is 1. The molecule has 1 fully saturated rings. The number of pyridine rings is 1. The van der Waals surface area contributed by atoms with Gasteiger partial charge in [-0.1, -0.05) is 56.4 Å². The first-order valence-corrected chi connectivity index (χ1v) is 11.7. The molecular weight excluding hydrogens is 390 g/mol. The first-order chi connectivity index (χ1) is 14.6. The van der Waals surface area contributed by atoms with Gasteiger partial charge >= 0.3 is 0 Å². The normalized spacial score (nSPS) is 17.2. The molecule has 3 heterocycles. The Morgan fingerprint density at radius 2 is 1.73 bits per heavy atom. The van der Waals surface area contributed by atoms with E-state index in [4.69, 9.17) is 0 Å². The fourth-order valence-corrected chi connectivity index (χ4v) is 5.01. The maximum atomic E-state index is 4.55. The zero-order valence-corrected chi connectivity index (χ0v) is 18.9. The van der Waals surface area contributed by atoms with E-state index in [1.807, 2.05) is 24.5 Å². The van der Waals surface area contributed by atoms with E-state index in [2.05, 4.69) is 70.4 Å². The van der Waals surface area contributed by atoms with Crippen molar-refractivity contribution in [2.75, 3.05) is 26.2 Å². The highest BCUT2D eigenvalue weighted by Gasteiger charge is 2.26. The molecule has 1 saturated heterocycles. The van der Waals surface area contributed by atoms with Crippen LogP contribution in [-0.2, 0) is 0 Å². The van der Waals surface area contributed by atoms with E-state index in [0.717, 1.165) is 48.2 Å². The Hall–Kier alpha value is -2.15. The Balaban J connectivity index is 1.57. The van der Waals surface area contributed by atoms with Crippen LogP contribution in [0.4, 0.5) is 0 Å². The molecule has 2 unspecified atom stereocenters. The minimum absolute atomic E-state index is 0.348. The van der Waals surface area contributed by atoms with E-state index in [0.29, 0.717) is 17.9 Å². The van der Waals surface area contributed by atoms with Crippen molar-refractivity contribution in [3.05, 3.63) is 64.9 Å². The lowest BCUT2D eigenvalue weighted by atomic mass is 9.91. The summed E-state index contributed by atoms with van der Waals surface area (Å²) in [6.07, 6.45) is 4.66. The largest absolute Gasteiger partial charge is 0.314 e. The second-order valence-corrected chi connectivity index (χ2v) is 9.45. The van der Waals surface area contributed by atoms with E-state index in [9.17, 15) is 0 Å². The van der Waals surface area contributed by atoms with E-state index in [1.165, 1.54) is 11.1 Å². The predicted octanol–water partition coefficient (Wildman–Crippen LogP) is 4.86. The monoisotopic (exact) mass is 421 g/mol. The Labute approximate surface area is 183 Å². The maximum Gasteiger partial charge on any atom is 0.147 e. The fraction of sp³-hybridized carbons (Fsp3) is 0.458. The van der Waals surface area contributed by atoms with Crippen LogP contribution in [0.5, 0.6) is 0 Å². The van der Waals surface area contributed by atoms with Gasteiger partial charge in [-0.25, -0.2) is 0 Å². The van der Waals surface area contributed by atoms with Gasteiger partial charge in [-0.05, 0) is 35.6 Å². The lowest BCUT2D eigenvalue weighted by molar-refractivity contribution is 0.160. The van der Waals surface area contributed by atoms with Gasteiger partial charge in [0.15, 0.2) is 0 Å². The molecular formula is C24H31N5S. The Bertz CT molecular complexity index is 934. The third-order valence-electron chi connectivity index (χ3n) is 5.92. The van der Waals surface area contributed by atoms with Crippen molar-refractivity contribution in [1.82, 2.24) is 25.4 Å². The van der Waals surface area contributed by atoms with Gasteiger partial charge in [0, 0.05) is 56.1 Å². The van der Waals surface area contributed by atoms with Gasteiger partial charge in [0.1, 0.15) is 10.0 Å². The van der Waals surface area contributed by atoms with Crippen LogP contribution < -0.4 is 5.32 Å². The third kappa shape index (κ3) is 4.94. The van der Waals surface area contributed by atoms with Crippen molar-refractivity contribution >= 4 is 11.3 Å². The molecule has 0 aliphatic carbocycles. The van der Waals surface area contributed by atoms with Crippen molar-refractivity contribution in [3.8, 4) is 10.6 Å². The highest BCUT2D eigenvalue weighted by atomic mass is 32.1. The molecule has 1 aliphatic rings. The fourth-order valence-electron chi connectivity index (χ4n) is 4.10. The van der Waals surface area contributed by atoms with E-state index < -0.39 is 0 Å². The third-order valence-corrected chi connectivity index (χ3v) is 7.12. The summed E-state index contributed by atoms with van der Waals surface area (Å²) in [6, 6.07) is 13.6. The van der Waals surface area contributed by atoms with E-state index in [1.54, 1.807) is 11.3 Å². The van der Waals surface area contributed by atoms with Crippen LogP contribution in [0.15, 0.2) is 48.8 Å². The number of nitrogens with zero attached hydrogens (tertiary/aromatic N) is 4. The van der Waals surface area contributed by atoms with Gasteiger partial charge in [0.05, 0.1) is 0 Å². The molecule has 1 N–H and O–H groups in total. The first kappa shape index (κ1) is 21.1. The molecule has 0 bridgehead atoms. The van der Waals surface area contributed by atoms with E-state index >= 15 is 0 Å². The molecule has 4 rings (SSSR count). The molecule has 30 heavy (non-hydrogen) atoms. The average molecular weight is 422 g/mol. The summed E-state index contributed by atoms with van der Waals surface area (Å²) in [4.78, 5) is 6.74. The summed E-state index contributed by atoms with van der Waals surface area (Å²) in [5.74, 6) is 0.887. The molecule has 2 atom stereocenters. The lowest BCUT2D eigenvalue weighted by Gasteiger charge is -2.36. The minimum Gasteiger partial charge on any atom is -0.314 e. The molecule has 2 aromatic heterocycles. The lowest BCUT2D eigenvalue weighted by Crippen LogP contribution is -2.45. The molecule has 6 heteroatoms. The first-order valence-electron chi connectivity index (χ1n) is 10.9. The summed E-state index contributed by atoms with van der Waals surface area (Å²) in [6.45, 7) is 11.1. The zero-order chi connectivity index (χ0) is 20.9. The second kappa shape index (κ2) is 9.77. The highest BCUT2D eigenvalue weighted by Crippen LogP contribution is 2.36. The number of hydrogen-bond acceptors (Lipinski definition) is 6. The van der Waals surface area contributed by atoms with Crippen LogP contribution in [0.2, 0.25) is 0 Å². The number of nitrogens with one attached hydrogen (secondary N) is 1. The number of rotatable bonds is 7. The SMILES string of the molecule is CC(C)c1cccc(C(CC(C)c2nnc(-c3ccncc3)s2)N2CCNCC2)c1. The zero-order valence-electron chi connectivity index (χ0n) is 18.1. The molecule has 0 radical (unpaired) electrons. The Morgan fingerprint density at radius 3 is 2.47 bits per heavy atom. The summed E-state index contributed by atoms with van der Waals surface area (Å²) < 4.78 is 0. The standard InChI is InChI=1S/C24H31N5S/c1-17(2)20-5-4-6-21(16-20)22(29-13-11-26-12-14-29)15-18(3)23-27-28-24(30-23)19-7-9-25-10-8-19/h4-10,16-18,22,26H,11-15H2,1-3H3. The minimum atomic E-state index is 0.348. The van der Waals surface area contributed by atoms with Crippen LogP contribution in [0.1, 0.15) is 61.2 Å². The van der Waals surface area contributed by atoms with Crippen LogP contribution in [0.25, 0.3) is 10.6 Å². The van der Waals surface area contributed by atoms with Gasteiger partial charge < -0.3 is 5.32 Å². The molecule has 0 amide bonds. The van der Waals surface area contributed by atoms with Crippen LogP contribution in [-0.4, -0.2) is 46.3 Å². The van der Waals surface area contributed by atoms with Crippen molar-refractivity contribution in [2.45, 2.75) is 45.1 Å². The summed E-state index contributed by atoms with van der Waals surface area (Å²) in [5.41, 5.74) is 3.93. The van der Waals surface area contributed by atoms with Crippen LogP contribution in [0, 0.1) is 0 Å². The van der Waals surface area contributed by atoms with Gasteiger partial charge in [-0.3, -0.25) is 9.88 Å². The molecule has 3 aromatic rings. The van der Waals surface area contributed by atoms with Crippen molar-refractivity contribution in [3.63, 3.8) is 0 Å². The molecule has 5 nitrogen and oxygen atoms in total. The van der Waals surface area contributed by atoms with Crippen molar-refractivity contribution in [1.29, 1.82) is 0 Å². The number of aromatic nitrogens is 3. The molecule has 1 aliphatic heterocycles. The molecule has 158 valence electrons. The molecule has 1 aromatic carbocycles. The van der Waals surface area contributed by atoms with Gasteiger partial charge in [0.25, 0.3) is 0 Å². The van der Waals surface area contributed by atoms with Crippen LogP contribution in [0.3, 0.4) is 0 Å². The molecule has 0 saturated carbocycles. The van der Waals surface area contributed by atoms with Crippen LogP contribution >= 0.6 is 11.3 Å².